The number of hydrogen-bond donors (Lipinski definition) is 2. The number of hydrogen-bond acceptors (Lipinski definition) is 3. The topological polar surface area (TPSA) is 89.9 Å². The summed E-state index contributed by atoms with van der Waals surface area (Å²) in [5.74, 6) is -0.628. The van der Waals surface area contributed by atoms with E-state index in [9.17, 15) is 14.4 Å². The van der Waals surface area contributed by atoms with Gasteiger partial charge in [0.05, 0.1) is 6.42 Å². The van der Waals surface area contributed by atoms with Crippen molar-refractivity contribution in [2.24, 2.45) is 5.92 Å². The highest BCUT2D eigenvalue weighted by molar-refractivity contribution is 5.88. The lowest BCUT2D eigenvalue weighted by Gasteiger charge is -2.39. The van der Waals surface area contributed by atoms with E-state index < -0.39 is 12.0 Å². The van der Waals surface area contributed by atoms with Gasteiger partial charge in [-0.15, -0.1) is 0 Å². The largest absolute Gasteiger partial charge is 0.481 e. The highest BCUT2D eigenvalue weighted by atomic mass is 16.4. The van der Waals surface area contributed by atoms with Crippen molar-refractivity contribution in [2.75, 3.05) is 26.2 Å². The Hall–Kier alpha value is -1.79. The summed E-state index contributed by atoms with van der Waals surface area (Å²) in [4.78, 5) is 37.7. The van der Waals surface area contributed by atoms with Gasteiger partial charge in [-0.05, 0) is 12.8 Å². The summed E-state index contributed by atoms with van der Waals surface area (Å²) in [7, 11) is 0. The molecule has 0 aromatic rings. The molecule has 7 nitrogen and oxygen atoms in total. The van der Waals surface area contributed by atoms with Crippen molar-refractivity contribution < 1.29 is 19.5 Å². The molecule has 0 aromatic heterocycles. The minimum Gasteiger partial charge on any atom is -0.481 e. The summed E-state index contributed by atoms with van der Waals surface area (Å²) in [5, 5.41) is 11.0. The Labute approximate surface area is 118 Å². The number of rotatable bonds is 5. The van der Waals surface area contributed by atoms with Crippen molar-refractivity contribution in [1.82, 2.24) is 15.1 Å². The number of piperazine rings is 1. The standard InChI is InChI=1S/C13H23N3O4/c1-9(2)8-15-6-7-16(10(3)12(15)19)13(20)14-5-4-11(17)18/h9-10H,4-8H2,1-3H3,(H,14,20)(H,17,18). The van der Waals surface area contributed by atoms with Crippen LogP contribution in [0.15, 0.2) is 0 Å². The number of urea groups is 1. The molecule has 1 heterocycles. The van der Waals surface area contributed by atoms with Gasteiger partial charge >= 0.3 is 12.0 Å². The van der Waals surface area contributed by atoms with E-state index in [0.717, 1.165) is 0 Å². The van der Waals surface area contributed by atoms with Crippen LogP contribution in [0.25, 0.3) is 0 Å². The molecule has 20 heavy (non-hydrogen) atoms. The van der Waals surface area contributed by atoms with Crippen molar-refractivity contribution in [1.29, 1.82) is 0 Å². The molecule has 1 fully saturated rings. The van der Waals surface area contributed by atoms with Crippen molar-refractivity contribution >= 4 is 17.9 Å². The van der Waals surface area contributed by atoms with Gasteiger partial charge in [-0.1, -0.05) is 13.8 Å². The van der Waals surface area contributed by atoms with Crippen LogP contribution in [-0.2, 0) is 9.59 Å². The molecule has 0 aliphatic carbocycles. The molecule has 0 saturated carbocycles. The second kappa shape index (κ2) is 7.12. The zero-order valence-corrected chi connectivity index (χ0v) is 12.3. The lowest BCUT2D eigenvalue weighted by Crippen LogP contribution is -2.60. The van der Waals surface area contributed by atoms with Crippen molar-refractivity contribution in [2.45, 2.75) is 33.2 Å². The average molecular weight is 285 g/mol. The van der Waals surface area contributed by atoms with Crippen LogP contribution < -0.4 is 5.32 Å². The van der Waals surface area contributed by atoms with Crippen LogP contribution >= 0.6 is 0 Å². The summed E-state index contributed by atoms with van der Waals surface area (Å²) in [6.45, 7) is 7.54. The molecule has 0 aromatic carbocycles. The van der Waals surface area contributed by atoms with Gasteiger partial charge in [0.2, 0.25) is 5.91 Å². The van der Waals surface area contributed by atoms with Gasteiger partial charge in [-0.2, -0.15) is 0 Å². The number of carbonyl (C=O) groups is 3. The van der Waals surface area contributed by atoms with Gasteiger partial charge in [0.15, 0.2) is 0 Å². The number of carboxylic acids is 1. The molecule has 0 bridgehead atoms. The van der Waals surface area contributed by atoms with E-state index in [1.165, 1.54) is 4.90 Å². The monoisotopic (exact) mass is 285 g/mol. The first-order chi connectivity index (χ1) is 9.32. The Morgan fingerprint density at radius 3 is 2.60 bits per heavy atom. The SMILES string of the molecule is CC(C)CN1CCN(C(=O)NCCC(=O)O)C(C)C1=O. The molecular weight excluding hydrogens is 262 g/mol. The molecule has 7 heteroatoms. The maximum Gasteiger partial charge on any atom is 0.318 e. The van der Waals surface area contributed by atoms with E-state index in [1.807, 2.05) is 13.8 Å². The molecule has 1 aliphatic rings. The van der Waals surface area contributed by atoms with Gasteiger partial charge in [0.1, 0.15) is 6.04 Å². The Balaban J connectivity index is 2.51. The normalized spacial score (nSPS) is 19.4. The summed E-state index contributed by atoms with van der Waals surface area (Å²) in [6, 6.07) is -0.886. The summed E-state index contributed by atoms with van der Waals surface area (Å²) >= 11 is 0. The minimum absolute atomic E-state index is 0.0571. The summed E-state index contributed by atoms with van der Waals surface area (Å²) in [5.41, 5.74) is 0. The third-order valence-corrected chi connectivity index (χ3v) is 3.21. The molecular formula is C13H23N3O4. The van der Waals surface area contributed by atoms with Crippen molar-refractivity contribution in [3.63, 3.8) is 0 Å². The first-order valence-corrected chi connectivity index (χ1v) is 6.88. The van der Waals surface area contributed by atoms with E-state index in [2.05, 4.69) is 5.32 Å². The number of nitrogens with zero attached hydrogens (tertiary/aromatic N) is 2. The summed E-state index contributed by atoms with van der Waals surface area (Å²) < 4.78 is 0. The number of carbonyl (C=O) groups excluding carboxylic acids is 2. The molecule has 114 valence electrons. The minimum atomic E-state index is -0.962. The first kappa shape index (κ1) is 16.3. The fraction of sp³-hybridized carbons (Fsp3) is 0.769. The second-order valence-corrected chi connectivity index (χ2v) is 5.42. The number of amides is 3. The third kappa shape index (κ3) is 4.40. The number of aliphatic carboxylic acids is 1. The van der Waals surface area contributed by atoms with Crippen LogP contribution in [0, 0.1) is 5.92 Å². The van der Waals surface area contributed by atoms with Gasteiger partial charge in [0, 0.05) is 26.2 Å². The Bertz CT molecular complexity index is 384. The highest BCUT2D eigenvalue weighted by Gasteiger charge is 2.34. The Morgan fingerprint density at radius 2 is 2.05 bits per heavy atom. The van der Waals surface area contributed by atoms with E-state index in [0.29, 0.717) is 25.6 Å². The smallest absolute Gasteiger partial charge is 0.318 e. The van der Waals surface area contributed by atoms with Crippen LogP contribution in [0.2, 0.25) is 0 Å². The van der Waals surface area contributed by atoms with Crippen LogP contribution in [0.4, 0.5) is 4.79 Å². The van der Waals surface area contributed by atoms with Gasteiger partial charge in [-0.25, -0.2) is 4.79 Å². The molecule has 1 rings (SSSR count). The highest BCUT2D eigenvalue weighted by Crippen LogP contribution is 2.13. The van der Waals surface area contributed by atoms with E-state index >= 15 is 0 Å². The predicted octanol–water partition coefficient (Wildman–Crippen LogP) is 0.359. The second-order valence-electron chi connectivity index (χ2n) is 5.42. The molecule has 1 unspecified atom stereocenters. The van der Waals surface area contributed by atoms with Crippen molar-refractivity contribution in [3.8, 4) is 0 Å². The molecule has 2 N–H and O–H groups in total. The Kier molecular flexibility index (Phi) is 5.79. The van der Waals surface area contributed by atoms with Crippen LogP contribution in [0.3, 0.4) is 0 Å². The lowest BCUT2D eigenvalue weighted by molar-refractivity contribution is -0.140. The molecule has 1 aliphatic heterocycles. The quantitative estimate of drug-likeness (QED) is 0.763. The predicted molar refractivity (Wildman–Crippen MR) is 73.2 cm³/mol. The summed E-state index contributed by atoms with van der Waals surface area (Å²) in [6.07, 6.45) is -0.124. The molecule has 1 atom stereocenters. The van der Waals surface area contributed by atoms with E-state index in [-0.39, 0.29) is 24.9 Å². The number of carboxylic acid groups (broad SMARTS) is 1. The Morgan fingerprint density at radius 1 is 1.40 bits per heavy atom. The zero-order valence-electron chi connectivity index (χ0n) is 12.3. The molecule has 0 radical (unpaired) electrons. The molecule has 3 amide bonds. The first-order valence-electron chi connectivity index (χ1n) is 6.88. The van der Waals surface area contributed by atoms with Crippen LogP contribution in [0.5, 0.6) is 0 Å². The van der Waals surface area contributed by atoms with E-state index in [1.54, 1.807) is 11.8 Å². The molecule has 1 saturated heterocycles. The third-order valence-electron chi connectivity index (χ3n) is 3.21. The lowest BCUT2D eigenvalue weighted by atomic mass is 10.1. The van der Waals surface area contributed by atoms with E-state index in [4.69, 9.17) is 5.11 Å². The fourth-order valence-corrected chi connectivity index (χ4v) is 2.21. The maximum atomic E-state index is 12.2. The van der Waals surface area contributed by atoms with Crippen LogP contribution in [0.1, 0.15) is 27.2 Å². The number of nitrogens with one attached hydrogen (secondary N) is 1. The van der Waals surface area contributed by atoms with Gasteiger partial charge in [0.25, 0.3) is 0 Å². The van der Waals surface area contributed by atoms with Gasteiger partial charge in [-0.3, -0.25) is 9.59 Å². The van der Waals surface area contributed by atoms with Gasteiger partial charge < -0.3 is 20.2 Å². The maximum absolute atomic E-state index is 12.2. The fourth-order valence-electron chi connectivity index (χ4n) is 2.21. The zero-order chi connectivity index (χ0) is 15.3. The van der Waals surface area contributed by atoms with Crippen LogP contribution in [-0.4, -0.2) is 65.0 Å². The molecule has 0 spiro atoms. The average Bonchev–Trinajstić information content (AvgIpc) is 2.34. The van der Waals surface area contributed by atoms with Crippen molar-refractivity contribution in [3.05, 3.63) is 0 Å².